The molecular weight excluding hydrogens is 523 g/mol. The summed E-state index contributed by atoms with van der Waals surface area (Å²) in [4.78, 5) is 3.36. The van der Waals surface area contributed by atoms with E-state index in [2.05, 4.69) is 9.71 Å². The summed E-state index contributed by atoms with van der Waals surface area (Å²) >= 11 is -2.13. The summed E-state index contributed by atoms with van der Waals surface area (Å²) in [6, 6.07) is 1.78. The van der Waals surface area contributed by atoms with Crippen molar-refractivity contribution in [2.45, 2.75) is 71.2 Å². The normalized spacial score (nSPS) is 15.3. The molecule has 2 unspecified atom stereocenters. The van der Waals surface area contributed by atoms with Gasteiger partial charge in [-0.3, -0.25) is 4.98 Å². The van der Waals surface area contributed by atoms with Gasteiger partial charge in [-0.05, 0) is 44.4 Å². The number of nitrogens with zero attached hydrogens (tertiary/aromatic N) is 2. The van der Waals surface area contributed by atoms with Crippen LogP contribution in [0.2, 0.25) is 0 Å². The number of nitrogens with one attached hydrogen (secondary N) is 1. The lowest BCUT2D eigenvalue weighted by Gasteiger charge is -2.29. The van der Waals surface area contributed by atoms with Crippen LogP contribution >= 0.6 is 0 Å². The van der Waals surface area contributed by atoms with Crippen molar-refractivity contribution >= 4 is 22.3 Å². The van der Waals surface area contributed by atoms with E-state index >= 15 is 4.39 Å². The van der Waals surface area contributed by atoms with Crippen molar-refractivity contribution in [2.24, 2.45) is 5.41 Å². The first-order valence-electron chi connectivity index (χ1n) is 11.3. The predicted octanol–water partition coefficient (Wildman–Crippen LogP) is 7.56. The Kier molecular flexibility index (Phi) is 7.73. The van der Waals surface area contributed by atoms with E-state index in [1.807, 2.05) is 20.8 Å². The number of benzene rings is 1. The lowest BCUT2D eigenvalue weighted by Crippen LogP contribution is -2.45. The maximum absolute atomic E-state index is 15.3. The van der Waals surface area contributed by atoms with Gasteiger partial charge in [-0.1, -0.05) is 26.8 Å². The van der Waals surface area contributed by atoms with Crippen LogP contribution in [0.5, 0.6) is 0 Å². The van der Waals surface area contributed by atoms with Crippen molar-refractivity contribution in [1.29, 1.82) is 0 Å². The first kappa shape index (κ1) is 29.2. The van der Waals surface area contributed by atoms with Gasteiger partial charge in [0.25, 0.3) is 0 Å². The molecule has 0 saturated carbocycles. The molecule has 0 aliphatic rings. The number of fused-ring (bicyclic) bond motifs is 1. The van der Waals surface area contributed by atoms with Crippen molar-refractivity contribution < 1.29 is 35.3 Å². The Morgan fingerprint density at radius 1 is 1.00 bits per heavy atom. The van der Waals surface area contributed by atoms with Crippen LogP contribution in [0.3, 0.4) is 0 Å². The molecule has 2 atom stereocenters. The Bertz CT molecular complexity index is 1270. The third-order valence-electron chi connectivity index (χ3n) is 5.43. The second-order valence-corrected chi connectivity index (χ2v) is 13.0. The standard InChI is InChI=1S/C25H28F7N3OS/c1-22(2,3)13-35-12-17(21(25(30,31)32)34-37(36)23(4,5)6)16-10-18(26)15(11-19(16)35)14-8-7-9-33-20(14)24(27,28)29/h7-12,21,34H,13H2,1-6H3. The molecule has 0 spiro atoms. The molecule has 4 nitrogen and oxygen atoms in total. The van der Waals surface area contributed by atoms with E-state index in [1.165, 1.54) is 37.6 Å². The van der Waals surface area contributed by atoms with Gasteiger partial charge < -0.3 is 9.12 Å². The van der Waals surface area contributed by atoms with Gasteiger partial charge >= 0.3 is 12.4 Å². The number of aromatic nitrogens is 2. The Balaban J connectivity index is 2.32. The molecule has 0 saturated heterocycles. The Morgan fingerprint density at radius 3 is 2.14 bits per heavy atom. The van der Waals surface area contributed by atoms with E-state index in [4.69, 9.17) is 0 Å². The second kappa shape index (κ2) is 9.77. The molecular formula is C25H28F7N3OS. The Hall–Kier alpha value is -2.31. The number of pyridine rings is 1. The van der Waals surface area contributed by atoms with Crippen molar-refractivity contribution in [3.8, 4) is 11.1 Å². The van der Waals surface area contributed by atoms with Gasteiger partial charge in [-0.15, -0.1) is 4.72 Å². The first-order chi connectivity index (χ1) is 16.7. The zero-order valence-electron chi connectivity index (χ0n) is 21.1. The molecule has 3 aromatic rings. The quantitative estimate of drug-likeness (QED) is 0.263. The van der Waals surface area contributed by atoms with Crippen LogP contribution in [-0.2, 0) is 24.1 Å². The van der Waals surface area contributed by atoms with Crippen molar-refractivity contribution in [3.63, 3.8) is 0 Å². The highest BCUT2D eigenvalue weighted by Gasteiger charge is 2.47. The largest absolute Gasteiger partial charge is 0.598 e. The lowest BCUT2D eigenvalue weighted by atomic mass is 9.96. The van der Waals surface area contributed by atoms with Gasteiger partial charge in [-0.2, -0.15) is 26.3 Å². The van der Waals surface area contributed by atoms with Crippen LogP contribution in [0.25, 0.3) is 22.0 Å². The Morgan fingerprint density at radius 2 is 1.62 bits per heavy atom. The molecule has 0 amide bonds. The third-order valence-corrected chi connectivity index (χ3v) is 6.99. The zero-order chi connectivity index (χ0) is 28.1. The fourth-order valence-corrected chi connectivity index (χ4v) is 4.68. The van der Waals surface area contributed by atoms with E-state index in [-0.39, 0.29) is 23.0 Å². The SMILES string of the molecule is CC(C)(C)Cn1cc(C(N[S+]([O-])C(C)(C)C)C(F)(F)F)c2cc(F)c(-c3cccnc3C(F)(F)F)cc21. The number of halogens is 7. The minimum absolute atomic E-state index is 0.107. The van der Waals surface area contributed by atoms with E-state index in [0.717, 1.165) is 24.4 Å². The lowest BCUT2D eigenvalue weighted by molar-refractivity contribution is -0.152. The molecule has 0 fully saturated rings. The second-order valence-electron chi connectivity index (χ2n) is 11.0. The summed E-state index contributed by atoms with van der Waals surface area (Å²) in [5, 5.41) is -0.149. The highest BCUT2D eigenvalue weighted by atomic mass is 32.2. The molecule has 0 aliphatic heterocycles. The number of hydrogen-bond acceptors (Lipinski definition) is 3. The van der Waals surface area contributed by atoms with Crippen LogP contribution in [0.4, 0.5) is 30.7 Å². The molecule has 1 N–H and O–H groups in total. The van der Waals surface area contributed by atoms with Crippen molar-refractivity contribution in [2.75, 3.05) is 0 Å². The molecule has 2 aromatic heterocycles. The average Bonchev–Trinajstić information content (AvgIpc) is 3.04. The van der Waals surface area contributed by atoms with E-state index in [1.54, 1.807) is 0 Å². The minimum Gasteiger partial charge on any atom is -0.598 e. The number of rotatable bonds is 5. The third kappa shape index (κ3) is 6.58. The van der Waals surface area contributed by atoms with Gasteiger partial charge in [0.15, 0.2) is 11.7 Å². The summed E-state index contributed by atoms with van der Waals surface area (Å²) in [6.45, 7) is 10.2. The summed E-state index contributed by atoms with van der Waals surface area (Å²) in [7, 11) is 0. The molecule has 3 rings (SSSR count). The predicted molar refractivity (Wildman–Crippen MR) is 129 cm³/mol. The molecule has 0 radical (unpaired) electrons. The van der Waals surface area contributed by atoms with Gasteiger partial charge in [-0.25, -0.2) is 4.39 Å². The molecule has 37 heavy (non-hydrogen) atoms. The van der Waals surface area contributed by atoms with Gasteiger partial charge in [0.05, 0.1) is 0 Å². The number of alkyl halides is 6. The van der Waals surface area contributed by atoms with E-state index < -0.39 is 62.6 Å². The topological polar surface area (TPSA) is 52.9 Å². The van der Waals surface area contributed by atoms with E-state index in [9.17, 15) is 30.9 Å². The fraction of sp³-hybridized carbons (Fsp3) is 0.480. The molecule has 0 bridgehead atoms. The molecule has 0 aliphatic carbocycles. The molecule has 1 aromatic carbocycles. The maximum Gasteiger partial charge on any atom is 0.433 e. The van der Waals surface area contributed by atoms with Crippen LogP contribution in [0, 0.1) is 11.2 Å². The van der Waals surface area contributed by atoms with Crippen molar-refractivity contribution in [1.82, 2.24) is 14.3 Å². The highest BCUT2D eigenvalue weighted by Crippen LogP contribution is 2.42. The van der Waals surface area contributed by atoms with Gasteiger partial charge in [0.1, 0.15) is 10.6 Å². The zero-order valence-corrected chi connectivity index (χ0v) is 21.9. The van der Waals surface area contributed by atoms with Gasteiger partial charge in [0.2, 0.25) is 0 Å². The minimum atomic E-state index is -4.90. The van der Waals surface area contributed by atoms with Crippen LogP contribution in [0.15, 0.2) is 36.7 Å². The van der Waals surface area contributed by atoms with E-state index in [0.29, 0.717) is 0 Å². The molecule has 204 valence electrons. The molecule has 2 heterocycles. The van der Waals surface area contributed by atoms with Crippen LogP contribution in [-0.4, -0.2) is 25.0 Å². The summed E-state index contributed by atoms with van der Waals surface area (Å²) < 4.78 is 114. The highest BCUT2D eigenvalue weighted by molar-refractivity contribution is 7.90. The summed E-state index contributed by atoms with van der Waals surface area (Å²) in [5.74, 6) is -1.14. The van der Waals surface area contributed by atoms with Crippen molar-refractivity contribution in [3.05, 3.63) is 53.7 Å². The molecule has 12 heteroatoms. The summed E-state index contributed by atoms with van der Waals surface area (Å²) in [6.07, 6.45) is -7.65. The smallest absolute Gasteiger partial charge is 0.433 e. The van der Waals surface area contributed by atoms with Crippen LogP contribution < -0.4 is 4.72 Å². The number of hydrogen-bond donors (Lipinski definition) is 1. The first-order valence-corrected chi connectivity index (χ1v) is 12.4. The van der Waals surface area contributed by atoms with Crippen LogP contribution in [0.1, 0.15) is 58.8 Å². The monoisotopic (exact) mass is 551 g/mol. The summed E-state index contributed by atoms with van der Waals surface area (Å²) in [5.41, 5.74) is -2.99. The fourth-order valence-electron chi connectivity index (χ4n) is 3.85. The average molecular weight is 552 g/mol. The maximum atomic E-state index is 15.3. The van der Waals surface area contributed by atoms with Gasteiger partial charge in [0, 0.05) is 57.9 Å². The Labute approximate surface area is 213 Å².